The molecule has 86 valence electrons. The van der Waals surface area contributed by atoms with Crippen molar-refractivity contribution < 1.29 is 8.42 Å². The third-order valence-corrected chi connectivity index (χ3v) is 3.52. The highest BCUT2D eigenvalue weighted by Crippen LogP contribution is 2.22. The predicted octanol–water partition coefficient (Wildman–Crippen LogP) is 0.144. The summed E-state index contributed by atoms with van der Waals surface area (Å²) in [5, 5.41) is 6.84. The van der Waals surface area contributed by atoms with Gasteiger partial charge in [-0.15, -0.1) is 11.3 Å². The van der Waals surface area contributed by atoms with Gasteiger partial charge in [0.25, 0.3) is 10.2 Å². The monoisotopic (exact) mass is 249 g/mol. The molecule has 0 bridgehead atoms. The summed E-state index contributed by atoms with van der Waals surface area (Å²) < 4.78 is 23.9. The summed E-state index contributed by atoms with van der Waals surface area (Å²) in [6.45, 7) is 0.284. The maximum atomic E-state index is 10.8. The first-order chi connectivity index (χ1) is 6.90. The van der Waals surface area contributed by atoms with Crippen LogP contribution >= 0.6 is 11.3 Å². The van der Waals surface area contributed by atoms with Gasteiger partial charge in [0.15, 0.2) is 0 Å². The van der Waals surface area contributed by atoms with E-state index in [0.717, 1.165) is 4.88 Å². The first-order valence-electron chi connectivity index (χ1n) is 4.37. The number of thiophene rings is 1. The highest BCUT2D eigenvalue weighted by atomic mass is 32.2. The third-order valence-electron chi connectivity index (χ3n) is 1.97. The van der Waals surface area contributed by atoms with E-state index < -0.39 is 10.2 Å². The Morgan fingerprint density at radius 1 is 1.60 bits per heavy atom. The van der Waals surface area contributed by atoms with E-state index in [1.165, 1.54) is 0 Å². The zero-order valence-corrected chi connectivity index (χ0v) is 10.3. The number of nitrogens with two attached hydrogens (primary N) is 1. The van der Waals surface area contributed by atoms with Gasteiger partial charge >= 0.3 is 0 Å². The van der Waals surface area contributed by atoms with Crippen LogP contribution in [0.1, 0.15) is 10.9 Å². The number of nitrogens with zero attached hydrogens (tertiary/aromatic N) is 1. The Bertz CT molecular complexity index is 386. The molecule has 0 aromatic carbocycles. The smallest absolute Gasteiger partial charge is 0.274 e. The van der Waals surface area contributed by atoms with Gasteiger partial charge in [-0.05, 0) is 25.5 Å². The molecule has 15 heavy (non-hydrogen) atoms. The van der Waals surface area contributed by atoms with Crippen molar-refractivity contribution in [3.63, 3.8) is 0 Å². The zero-order chi connectivity index (χ0) is 11.5. The van der Waals surface area contributed by atoms with E-state index in [2.05, 4.69) is 4.72 Å². The molecule has 0 amide bonds. The molecule has 0 saturated carbocycles. The van der Waals surface area contributed by atoms with Crippen molar-refractivity contribution in [2.45, 2.75) is 6.04 Å². The minimum atomic E-state index is -3.62. The Morgan fingerprint density at radius 3 is 2.67 bits per heavy atom. The molecule has 1 aromatic rings. The van der Waals surface area contributed by atoms with Gasteiger partial charge in [-0.3, -0.25) is 0 Å². The summed E-state index contributed by atoms with van der Waals surface area (Å²) in [4.78, 5) is 3.06. The number of nitrogens with one attached hydrogen (secondary N) is 1. The van der Waals surface area contributed by atoms with Gasteiger partial charge in [-0.25, -0.2) is 9.86 Å². The lowest BCUT2D eigenvalue weighted by molar-refractivity contribution is 0.303. The average Bonchev–Trinajstić information content (AvgIpc) is 2.54. The fraction of sp³-hybridized carbons (Fsp3) is 0.500. The molecule has 1 unspecified atom stereocenters. The molecule has 0 radical (unpaired) electrons. The standard InChI is InChI=1S/C8H15N3O2S2/c1-11(2)7(6-10-15(9,12)13)8-4-3-5-14-8/h3-5,7,10H,6H2,1-2H3,(H2,9,12,13). The van der Waals surface area contributed by atoms with Gasteiger partial charge in [0, 0.05) is 11.4 Å². The molecule has 0 spiro atoms. The molecule has 0 fully saturated rings. The van der Waals surface area contributed by atoms with Crippen molar-refractivity contribution >= 4 is 21.5 Å². The first-order valence-corrected chi connectivity index (χ1v) is 6.80. The number of likely N-dealkylation sites (N-methyl/N-ethyl adjacent to an activating group) is 1. The van der Waals surface area contributed by atoms with Crippen molar-refractivity contribution in [1.82, 2.24) is 9.62 Å². The van der Waals surface area contributed by atoms with Gasteiger partial charge < -0.3 is 4.90 Å². The van der Waals surface area contributed by atoms with Gasteiger partial charge in [0.1, 0.15) is 0 Å². The van der Waals surface area contributed by atoms with E-state index in [0.29, 0.717) is 0 Å². The Kier molecular flexibility index (Phi) is 4.23. The molecule has 3 N–H and O–H groups in total. The largest absolute Gasteiger partial charge is 0.300 e. The minimum Gasteiger partial charge on any atom is -0.300 e. The average molecular weight is 249 g/mol. The normalized spacial score (nSPS) is 14.4. The number of hydrogen-bond donors (Lipinski definition) is 2. The highest BCUT2D eigenvalue weighted by molar-refractivity contribution is 7.87. The van der Waals surface area contributed by atoms with E-state index in [9.17, 15) is 8.42 Å². The topological polar surface area (TPSA) is 75.4 Å². The highest BCUT2D eigenvalue weighted by Gasteiger charge is 2.16. The molecular weight excluding hydrogens is 234 g/mol. The van der Waals surface area contributed by atoms with Gasteiger partial charge in [0.05, 0.1) is 6.04 Å². The van der Waals surface area contributed by atoms with E-state index >= 15 is 0 Å². The predicted molar refractivity (Wildman–Crippen MR) is 61.9 cm³/mol. The molecule has 0 saturated heterocycles. The summed E-state index contributed by atoms with van der Waals surface area (Å²) in [5.41, 5.74) is 0. The second-order valence-electron chi connectivity index (χ2n) is 3.39. The van der Waals surface area contributed by atoms with E-state index in [-0.39, 0.29) is 12.6 Å². The third kappa shape index (κ3) is 4.27. The van der Waals surface area contributed by atoms with Gasteiger partial charge in [0.2, 0.25) is 0 Å². The summed E-state index contributed by atoms with van der Waals surface area (Å²) in [5.74, 6) is 0. The minimum absolute atomic E-state index is 0.0170. The van der Waals surface area contributed by atoms with E-state index in [1.54, 1.807) is 11.3 Å². The Morgan fingerprint density at radius 2 is 2.27 bits per heavy atom. The molecule has 5 nitrogen and oxygen atoms in total. The molecule has 1 rings (SSSR count). The zero-order valence-electron chi connectivity index (χ0n) is 8.67. The van der Waals surface area contributed by atoms with Crippen molar-refractivity contribution in [3.05, 3.63) is 22.4 Å². The molecule has 1 aromatic heterocycles. The number of hydrogen-bond acceptors (Lipinski definition) is 4. The van der Waals surface area contributed by atoms with Crippen molar-refractivity contribution in [2.24, 2.45) is 5.14 Å². The Hall–Kier alpha value is -0.470. The number of rotatable bonds is 5. The summed E-state index contributed by atoms with van der Waals surface area (Å²) in [7, 11) is 0.180. The quantitative estimate of drug-likeness (QED) is 0.779. The molecule has 0 aliphatic carbocycles. The van der Waals surface area contributed by atoms with Crippen LogP contribution in [0.3, 0.4) is 0 Å². The van der Waals surface area contributed by atoms with Crippen LogP contribution in [0.25, 0.3) is 0 Å². The van der Waals surface area contributed by atoms with Crippen LogP contribution in [-0.2, 0) is 10.2 Å². The van der Waals surface area contributed by atoms with Crippen LogP contribution in [0, 0.1) is 0 Å². The summed E-state index contributed by atoms with van der Waals surface area (Å²) in [6, 6.07) is 3.93. The first kappa shape index (κ1) is 12.6. The molecule has 0 aliphatic rings. The van der Waals surface area contributed by atoms with Crippen LogP contribution in [0.4, 0.5) is 0 Å². The van der Waals surface area contributed by atoms with Crippen molar-refractivity contribution in [1.29, 1.82) is 0 Å². The second-order valence-corrected chi connectivity index (χ2v) is 5.75. The molecule has 7 heteroatoms. The molecule has 1 atom stereocenters. The summed E-state index contributed by atoms with van der Waals surface area (Å²) in [6.07, 6.45) is 0. The second kappa shape index (κ2) is 5.04. The lowest BCUT2D eigenvalue weighted by Crippen LogP contribution is -2.37. The maximum absolute atomic E-state index is 10.8. The molecular formula is C8H15N3O2S2. The summed E-state index contributed by atoms with van der Waals surface area (Å²) >= 11 is 1.59. The fourth-order valence-corrected chi connectivity index (χ4v) is 2.53. The lowest BCUT2D eigenvalue weighted by atomic mass is 10.2. The maximum Gasteiger partial charge on any atom is 0.274 e. The van der Waals surface area contributed by atoms with Crippen LogP contribution in [0.15, 0.2) is 17.5 Å². The fourth-order valence-electron chi connectivity index (χ4n) is 1.21. The van der Waals surface area contributed by atoms with Gasteiger partial charge in [-0.1, -0.05) is 6.07 Å². The van der Waals surface area contributed by atoms with Crippen molar-refractivity contribution in [2.75, 3.05) is 20.6 Å². The van der Waals surface area contributed by atoms with Crippen molar-refractivity contribution in [3.8, 4) is 0 Å². The van der Waals surface area contributed by atoms with Crippen LogP contribution < -0.4 is 9.86 Å². The van der Waals surface area contributed by atoms with Crippen LogP contribution in [0.5, 0.6) is 0 Å². The molecule has 1 heterocycles. The lowest BCUT2D eigenvalue weighted by Gasteiger charge is -2.22. The van der Waals surface area contributed by atoms with Crippen LogP contribution in [0.2, 0.25) is 0 Å². The molecule has 0 aliphatic heterocycles. The van der Waals surface area contributed by atoms with E-state index in [4.69, 9.17) is 5.14 Å². The Labute approximate surface area is 94.1 Å². The Balaban J connectivity index is 2.69. The van der Waals surface area contributed by atoms with Gasteiger partial charge in [-0.2, -0.15) is 8.42 Å². The van der Waals surface area contributed by atoms with Crippen LogP contribution in [-0.4, -0.2) is 34.0 Å². The van der Waals surface area contributed by atoms with E-state index in [1.807, 2.05) is 36.5 Å². The SMILES string of the molecule is CN(C)C(CNS(N)(=O)=O)c1cccs1.